The highest BCUT2D eigenvalue weighted by Crippen LogP contribution is 2.27. The first-order valence-corrected chi connectivity index (χ1v) is 5.72. The van der Waals surface area contributed by atoms with Gasteiger partial charge in [-0.05, 0) is 11.8 Å². The molecule has 0 bridgehead atoms. The average Bonchev–Trinajstić information content (AvgIpc) is 2.89. The molecule has 86 valence electrons. The van der Waals surface area contributed by atoms with Gasteiger partial charge in [0.2, 0.25) is 0 Å². The third kappa shape index (κ3) is 1.87. The highest BCUT2D eigenvalue weighted by molar-refractivity contribution is 7.99. The molecule has 0 spiro atoms. The maximum absolute atomic E-state index is 8.64. The number of hydrogen-bond acceptors (Lipinski definition) is 7. The molecule has 0 aliphatic rings. The van der Waals surface area contributed by atoms with Gasteiger partial charge < -0.3 is 4.98 Å². The third-order valence-electron chi connectivity index (χ3n) is 2.13. The largest absolute Gasteiger partial charge is 0.341 e. The number of aromatic nitrogens is 6. The molecule has 3 aromatic rings. The zero-order valence-electron chi connectivity index (χ0n) is 8.90. The van der Waals surface area contributed by atoms with E-state index in [1.54, 1.807) is 6.33 Å². The summed E-state index contributed by atoms with van der Waals surface area (Å²) < 4.78 is 0. The molecule has 1 N–H and O–H groups in total. The van der Waals surface area contributed by atoms with Crippen LogP contribution >= 0.6 is 11.8 Å². The zero-order valence-corrected chi connectivity index (χ0v) is 9.72. The SMILES string of the molecule is N#Cc1cnc(Sc2ncnc3nc[nH]c23)cn1. The molecule has 0 fully saturated rings. The lowest BCUT2D eigenvalue weighted by Gasteiger charge is -1.99. The van der Waals surface area contributed by atoms with Crippen LogP contribution in [-0.2, 0) is 0 Å². The fraction of sp³-hybridized carbons (Fsp3) is 0. The van der Waals surface area contributed by atoms with E-state index >= 15 is 0 Å². The molecular weight excluding hydrogens is 250 g/mol. The van der Waals surface area contributed by atoms with Gasteiger partial charge in [-0.3, -0.25) is 0 Å². The van der Waals surface area contributed by atoms with E-state index < -0.39 is 0 Å². The lowest BCUT2D eigenvalue weighted by molar-refractivity contribution is 1.02. The van der Waals surface area contributed by atoms with Crippen LogP contribution < -0.4 is 0 Å². The van der Waals surface area contributed by atoms with Crippen molar-refractivity contribution in [3.63, 3.8) is 0 Å². The second-order valence-corrected chi connectivity index (χ2v) is 4.24. The summed E-state index contributed by atoms with van der Waals surface area (Å²) in [5.74, 6) is 0. The van der Waals surface area contributed by atoms with Gasteiger partial charge in [-0.2, -0.15) is 5.26 Å². The Bertz CT molecular complexity index is 728. The number of fused-ring (bicyclic) bond motifs is 1. The van der Waals surface area contributed by atoms with Gasteiger partial charge in [-0.1, -0.05) is 0 Å². The van der Waals surface area contributed by atoms with Crippen molar-refractivity contribution in [3.8, 4) is 6.07 Å². The predicted molar refractivity (Wildman–Crippen MR) is 62.6 cm³/mol. The van der Waals surface area contributed by atoms with E-state index in [2.05, 4.69) is 29.9 Å². The number of nitrogens with one attached hydrogen (secondary N) is 1. The van der Waals surface area contributed by atoms with E-state index in [4.69, 9.17) is 5.26 Å². The van der Waals surface area contributed by atoms with Crippen LogP contribution in [0.2, 0.25) is 0 Å². The molecule has 8 heteroatoms. The second-order valence-electron chi connectivity index (χ2n) is 3.23. The highest BCUT2D eigenvalue weighted by atomic mass is 32.2. The summed E-state index contributed by atoms with van der Waals surface area (Å²) >= 11 is 1.34. The number of nitriles is 1. The summed E-state index contributed by atoms with van der Waals surface area (Å²) in [6.07, 6.45) is 5.97. The lowest BCUT2D eigenvalue weighted by atomic mass is 10.5. The van der Waals surface area contributed by atoms with E-state index in [-0.39, 0.29) is 5.69 Å². The minimum atomic E-state index is 0.286. The van der Waals surface area contributed by atoms with Gasteiger partial charge in [-0.25, -0.2) is 24.9 Å². The number of imidazole rings is 1. The van der Waals surface area contributed by atoms with Gasteiger partial charge in [-0.15, -0.1) is 0 Å². The Balaban J connectivity index is 1.96. The first-order chi connectivity index (χ1) is 8.86. The number of nitrogens with zero attached hydrogens (tertiary/aromatic N) is 6. The van der Waals surface area contributed by atoms with E-state index in [0.29, 0.717) is 10.7 Å². The molecule has 3 heterocycles. The predicted octanol–water partition coefficient (Wildman–Crippen LogP) is 1.17. The topological polar surface area (TPSA) is 104 Å². The number of aromatic amines is 1. The first-order valence-electron chi connectivity index (χ1n) is 4.91. The van der Waals surface area contributed by atoms with Crippen molar-refractivity contribution in [1.82, 2.24) is 29.9 Å². The fourth-order valence-electron chi connectivity index (χ4n) is 1.35. The Kier molecular flexibility index (Phi) is 2.59. The fourth-order valence-corrected chi connectivity index (χ4v) is 2.11. The van der Waals surface area contributed by atoms with Crippen molar-refractivity contribution in [1.29, 1.82) is 5.26 Å². The van der Waals surface area contributed by atoms with Crippen molar-refractivity contribution in [3.05, 3.63) is 30.7 Å². The van der Waals surface area contributed by atoms with Crippen LogP contribution in [0.15, 0.2) is 35.1 Å². The van der Waals surface area contributed by atoms with Gasteiger partial charge in [0.05, 0.1) is 18.7 Å². The number of hydrogen-bond donors (Lipinski definition) is 1. The molecule has 18 heavy (non-hydrogen) atoms. The van der Waals surface area contributed by atoms with Crippen LogP contribution in [0.5, 0.6) is 0 Å². The lowest BCUT2D eigenvalue weighted by Crippen LogP contribution is -1.89. The van der Waals surface area contributed by atoms with Crippen molar-refractivity contribution >= 4 is 22.9 Å². The van der Waals surface area contributed by atoms with Gasteiger partial charge in [0, 0.05) is 0 Å². The smallest absolute Gasteiger partial charge is 0.181 e. The van der Waals surface area contributed by atoms with E-state index in [1.165, 1.54) is 30.5 Å². The molecule has 3 rings (SSSR count). The monoisotopic (exact) mass is 255 g/mol. The Hall–Kier alpha value is -2.53. The van der Waals surface area contributed by atoms with Crippen LogP contribution in [0, 0.1) is 11.3 Å². The number of rotatable bonds is 2. The molecule has 0 atom stereocenters. The van der Waals surface area contributed by atoms with Gasteiger partial charge in [0.1, 0.15) is 28.0 Å². The van der Waals surface area contributed by atoms with E-state index in [1.807, 2.05) is 6.07 Å². The van der Waals surface area contributed by atoms with Crippen molar-refractivity contribution in [2.45, 2.75) is 10.1 Å². The zero-order chi connectivity index (χ0) is 12.4. The molecule has 7 nitrogen and oxygen atoms in total. The van der Waals surface area contributed by atoms with Crippen LogP contribution in [0.1, 0.15) is 5.69 Å². The highest BCUT2D eigenvalue weighted by Gasteiger charge is 2.08. The molecule has 0 amide bonds. The summed E-state index contributed by atoms with van der Waals surface area (Å²) in [7, 11) is 0. The van der Waals surface area contributed by atoms with Crippen LogP contribution in [0.3, 0.4) is 0 Å². The normalized spacial score (nSPS) is 10.4. The van der Waals surface area contributed by atoms with Gasteiger partial charge in [0.15, 0.2) is 11.3 Å². The molecule has 0 radical (unpaired) electrons. The quantitative estimate of drug-likeness (QED) is 0.685. The standard InChI is InChI=1S/C10H5N7S/c11-1-6-2-13-7(3-12-6)18-10-8-9(15-4-14-8)16-5-17-10/h2-5H,(H,14,15,16,17). The molecule has 0 aliphatic heterocycles. The first kappa shape index (κ1) is 10.6. The van der Waals surface area contributed by atoms with E-state index in [0.717, 1.165) is 10.5 Å². The minimum absolute atomic E-state index is 0.286. The molecule has 0 saturated carbocycles. The molecule has 0 saturated heterocycles. The van der Waals surface area contributed by atoms with Crippen LogP contribution in [0.4, 0.5) is 0 Å². The second kappa shape index (κ2) is 4.38. The summed E-state index contributed by atoms with van der Waals surface area (Å²) in [6, 6.07) is 1.92. The molecular formula is C10H5N7S. The van der Waals surface area contributed by atoms with Crippen molar-refractivity contribution in [2.24, 2.45) is 0 Å². The summed E-state index contributed by atoms with van der Waals surface area (Å²) in [5, 5.41) is 10.0. The van der Waals surface area contributed by atoms with E-state index in [9.17, 15) is 0 Å². The Morgan fingerprint density at radius 2 is 2.06 bits per heavy atom. The van der Waals surface area contributed by atoms with Crippen molar-refractivity contribution < 1.29 is 0 Å². The van der Waals surface area contributed by atoms with Crippen molar-refractivity contribution in [2.75, 3.05) is 0 Å². The Labute approximate surface area is 105 Å². The Morgan fingerprint density at radius 1 is 1.11 bits per heavy atom. The summed E-state index contributed by atoms with van der Waals surface area (Å²) in [5.41, 5.74) is 1.65. The maximum Gasteiger partial charge on any atom is 0.181 e. The third-order valence-corrected chi connectivity index (χ3v) is 3.05. The molecule has 3 aromatic heterocycles. The molecule has 0 aliphatic carbocycles. The average molecular weight is 255 g/mol. The molecule has 0 unspecified atom stereocenters. The van der Waals surface area contributed by atoms with Gasteiger partial charge >= 0.3 is 0 Å². The van der Waals surface area contributed by atoms with Crippen LogP contribution in [-0.4, -0.2) is 29.9 Å². The summed E-state index contributed by atoms with van der Waals surface area (Å²) in [6.45, 7) is 0. The van der Waals surface area contributed by atoms with Gasteiger partial charge in [0.25, 0.3) is 0 Å². The minimum Gasteiger partial charge on any atom is -0.341 e. The number of H-pyrrole nitrogens is 1. The summed E-state index contributed by atoms with van der Waals surface area (Å²) in [4.78, 5) is 23.3. The maximum atomic E-state index is 8.64. The molecule has 0 aromatic carbocycles. The van der Waals surface area contributed by atoms with Crippen LogP contribution in [0.25, 0.3) is 11.2 Å². The Morgan fingerprint density at radius 3 is 2.83 bits per heavy atom.